The molecule has 0 spiro atoms. The maximum atomic E-state index is 11.3. The number of esters is 1. The standard InChI is InChI=1S/C11H17N3O3/c1-4-5-14(8-11(15)17-3)9-6-12-7-10(13-9)16-2/h6-7H,4-5,8H2,1-3H3. The predicted octanol–water partition coefficient (Wildman–Crippen LogP) is 0.875. The van der Waals surface area contributed by atoms with E-state index < -0.39 is 0 Å². The lowest BCUT2D eigenvalue weighted by molar-refractivity contribution is -0.138. The zero-order valence-corrected chi connectivity index (χ0v) is 10.3. The summed E-state index contributed by atoms with van der Waals surface area (Å²) in [5, 5.41) is 0. The fourth-order valence-electron chi connectivity index (χ4n) is 1.35. The minimum Gasteiger partial charge on any atom is -0.480 e. The maximum Gasteiger partial charge on any atom is 0.325 e. The summed E-state index contributed by atoms with van der Waals surface area (Å²) in [6, 6.07) is 0. The summed E-state index contributed by atoms with van der Waals surface area (Å²) in [7, 11) is 2.89. The molecule has 0 atom stereocenters. The fourth-order valence-corrected chi connectivity index (χ4v) is 1.35. The molecule has 0 fully saturated rings. The number of rotatable bonds is 6. The first-order valence-corrected chi connectivity index (χ1v) is 5.39. The highest BCUT2D eigenvalue weighted by atomic mass is 16.5. The number of hydrogen-bond donors (Lipinski definition) is 0. The molecule has 0 N–H and O–H groups in total. The number of aromatic nitrogens is 2. The zero-order chi connectivity index (χ0) is 12.7. The van der Waals surface area contributed by atoms with E-state index in [-0.39, 0.29) is 12.5 Å². The zero-order valence-electron chi connectivity index (χ0n) is 10.3. The van der Waals surface area contributed by atoms with Crippen molar-refractivity contribution in [2.45, 2.75) is 13.3 Å². The molecule has 6 nitrogen and oxygen atoms in total. The summed E-state index contributed by atoms with van der Waals surface area (Å²) in [5.41, 5.74) is 0. The van der Waals surface area contributed by atoms with Crippen molar-refractivity contribution in [1.29, 1.82) is 0 Å². The molecule has 17 heavy (non-hydrogen) atoms. The van der Waals surface area contributed by atoms with Gasteiger partial charge in [-0.25, -0.2) is 0 Å². The third-order valence-corrected chi connectivity index (χ3v) is 2.17. The number of carbonyl (C=O) groups is 1. The van der Waals surface area contributed by atoms with Gasteiger partial charge in [0, 0.05) is 6.54 Å². The molecule has 0 saturated carbocycles. The van der Waals surface area contributed by atoms with E-state index in [0.717, 1.165) is 6.42 Å². The Morgan fingerprint density at radius 3 is 2.76 bits per heavy atom. The van der Waals surface area contributed by atoms with Crippen molar-refractivity contribution >= 4 is 11.8 Å². The Labute approximate surface area is 101 Å². The Balaban J connectivity index is 2.84. The van der Waals surface area contributed by atoms with Crippen LogP contribution < -0.4 is 9.64 Å². The van der Waals surface area contributed by atoms with Crippen LogP contribution in [0.4, 0.5) is 5.82 Å². The van der Waals surface area contributed by atoms with E-state index in [1.165, 1.54) is 20.4 Å². The van der Waals surface area contributed by atoms with Gasteiger partial charge >= 0.3 is 5.97 Å². The molecular weight excluding hydrogens is 222 g/mol. The molecule has 94 valence electrons. The second kappa shape index (κ2) is 6.67. The lowest BCUT2D eigenvalue weighted by Crippen LogP contribution is -2.32. The van der Waals surface area contributed by atoms with Crippen molar-refractivity contribution in [2.24, 2.45) is 0 Å². The van der Waals surface area contributed by atoms with E-state index in [1.807, 2.05) is 6.92 Å². The van der Waals surface area contributed by atoms with E-state index in [0.29, 0.717) is 18.2 Å². The summed E-state index contributed by atoms with van der Waals surface area (Å²) in [4.78, 5) is 21.3. The van der Waals surface area contributed by atoms with E-state index in [2.05, 4.69) is 14.7 Å². The van der Waals surface area contributed by atoms with E-state index in [1.54, 1.807) is 11.1 Å². The Morgan fingerprint density at radius 2 is 2.18 bits per heavy atom. The molecule has 0 radical (unpaired) electrons. The number of hydrogen-bond acceptors (Lipinski definition) is 6. The van der Waals surface area contributed by atoms with Gasteiger partial charge in [0.15, 0.2) is 5.82 Å². The lowest BCUT2D eigenvalue weighted by atomic mass is 10.4. The second-order valence-electron chi connectivity index (χ2n) is 3.42. The summed E-state index contributed by atoms with van der Waals surface area (Å²) in [5.74, 6) is 0.730. The smallest absolute Gasteiger partial charge is 0.325 e. The van der Waals surface area contributed by atoms with Gasteiger partial charge in [0.25, 0.3) is 0 Å². The van der Waals surface area contributed by atoms with Gasteiger partial charge in [-0.1, -0.05) is 6.92 Å². The third-order valence-electron chi connectivity index (χ3n) is 2.17. The summed E-state index contributed by atoms with van der Waals surface area (Å²) < 4.78 is 9.64. The Hall–Kier alpha value is -1.85. The van der Waals surface area contributed by atoms with Gasteiger partial charge in [-0.3, -0.25) is 9.78 Å². The highest BCUT2D eigenvalue weighted by Crippen LogP contribution is 2.13. The van der Waals surface area contributed by atoms with Crippen molar-refractivity contribution in [3.05, 3.63) is 12.4 Å². The molecule has 1 aromatic rings. The van der Waals surface area contributed by atoms with E-state index >= 15 is 0 Å². The quantitative estimate of drug-likeness (QED) is 0.686. The molecule has 6 heteroatoms. The Kier molecular flexibility index (Phi) is 5.19. The van der Waals surface area contributed by atoms with Crippen LogP contribution in [0, 0.1) is 0 Å². The first kappa shape index (κ1) is 13.2. The lowest BCUT2D eigenvalue weighted by Gasteiger charge is -2.21. The molecule has 0 aliphatic rings. The minimum absolute atomic E-state index is 0.159. The topological polar surface area (TPSA) is 64.6 Å². The van der Waals surface area contributed by atoms with Crippen molar-refractivity contribution in [3.63, 3.8) is 0 Å². The molecule has 1 rings (SSSR count). The number of carbonyl (C=O) groups excluding carboxylic acids is 1. The fraction of sp³-hybridized carbons (Fsp3) is 0.545. The van der Waals surface area contributed by atoms with E-state index in [4.69, 9.17) is 4.74 Å². The van der Waals surface area contributed by atoms with Gasteiger partial charge < -0.3 is 14.4 Å². The van der Waals surface area contributed by atoms with Crippen LogP contribution in [-0.2, 0) is 9.53 Å². The maximum absolute atomic E-state index is 11.3. The largest absolute Gasteiger partial charge is 0.480 e. The van der Waals surface area contributed by atoms with E-state index in [9.17, 15) is 4.79 Å². The molecule has 1 aromatic heterocycles. The highest BCUT2D eigenvalue weighted by molar-refractivity contribution is 5.75. The first-order chi connectivity index (χ1) is 8.21. The molecule has 1 heterocycles. The molecule has 0 unspecified atom stereocenters. The van der Waals surface area contributed by atoms with Gasteiger partial charge in [0.05, 0.1) is 26.6 Å². The van der Waals surface area contributed by atoms with Crippen molar-refractivity contribution in [2.75, 3.05) is 32.2 Å². The third kappa shape index (κ3) is 3.90. The van der Waals surface area contributed by atoms with Crippen LogP contribution in [0.25, 0.3) is 0 Å². The van der Waals surface area contributed by atoms with Crippen molar-refractivity contribution in [3.8, 4) is 5.88 Å². The average molecular weight is 239 g/mol. The van der Waals surface area contributed by atoms with Crippen LogP contribution in [0.15, 0.2) is 12.4 Å². The Morgan fingerprint density at radius 1 is 1.41 bits per heavy atom. The van der Waals surface area contributed by atoms with Gasteiger partial charge in [-0.05, 0) is 6.42 Å². The predicted molar refractivity (Wildman–Crippen MR) is 63.1 cm³/mol. The molecule has 0 aliphatic carbocycles. The van der Waals surface area contributed by atoms with Crippen molar-refractivity contribution < 1.29 is 14.3 Å². The van der Waals surface area contributed by atoms with Gasteiger partial charge in [-0.2, -0.15) is 4.98 Å². The van der Waals surface area contributed by atoms with Crippen LogP contribution in [0.3, 0.4) is 0 Å². The van der Waals surface area contributed by atoms with Crippen LogP contribution in [0.2, 0.25) is 0 Å². The van der Waals surface area contributed by atoms with Gasteiger partial charge in [0.1, 0.15) is 6.54 Å². The second-order valence-corrected chi connectivity index (χ2v) is 3.42. The van der Waals surface area contributed by atoms with Gasteiger partial charge in [-0.15, -0.1) is 0 Å². The molecule has 0 aromatic carbocycles. The number of nitrogens with zero attached hydrogens (tertiary/aromatic N) is 3. The van der Waals surface area contributed by atoms with Crippen LogP contribution in [0.1, 0.15) is 13.3 Å². The summed E-state index contributed by atoms with van der Waals surface area (Å²) in [6.45, 7) is 2.89. The van der Waals surface area contributed by atoms with Crippen molar-refractivity contribution in [1.82, 2.24) is 9.97 Å². The first-order valence-electron chi connectivity index (χ1n) is 5.39. The Bertz CT molecular complexity index is 371. The van der Waals surface area contributed by atoms with Crippen LogP contribution >= 0.6 is 0 Å². The van der Waals surface area contributed by atoms with Crippen LogP contribution in [0.5, 0.6) is 5.88 Å². The van der Waals surface area contributed by atoms with Crippen LogP contribution in [-0.4, -0.2) is 43.2 Å². The number of ether oxygens (including phenoxy) is 2. The molecule has 0 amide bonds. The highest BCUT2D eigenvalue weighted by Gasteiger charge is 2.13. The van der Waals surface area contributed by atoms with Gasteiger partial charge in [0.2, 0.25) is 5.88 Å². The molecular formula is C11H17N3O3. The number of anilines is 1. The summed E-state index contributed by atoms with van der Waals surface area (Å²) in [6.07, 6.45) is 4.02. The molecule has 0 bridgehead atoms. The summed E-state index contributed by atoms with van der Waals surface area (Å²) >= 11 is 0. The average Bonchev–Trinajstić information content (AvgIpc) is 2.38. The molecule has 0 saturated heterocycles. The normalized spacial score (nSPS) is 9.82. The number of methoxy groups -OCH3 is 2. The monoisotopic (exact) mass is 239 g/mol. The SMILES string of the molecule is CCCN(CC(=O)OC)c1cncc(OC)n1. The minimum atomic E-state index is -0.303. The molecule has 0 aliphatic heterocycles.